The summed E-state index contributed by atoms with van der Waals surface area (Å²) in [5, 5.41) is 3.58. The maximum Gasteiger partial charge on any atom is 0.416 e. The molecule has 192 valence electrons. The summed E-state index contributed by atoms with van der Waals surface area (Å²) in [6.07, 6.45) is -2.60. The molecule has 1 aliphatic heterocycles. The molecular formula is C26H29F4N5O. The number of alkyl halides is 3. The first-order valence-electron chi connectivity index (χ1n) is 11.9. The largest absolute Gasteiger partial charge is 0.416 e. The lowest BCUT2D eigenvalue weighted by atomic mass is 10.0. The summed E-state index contributed by atoms with van der Waals surface area (Å²) in [6, 6.07) is 8.27. The van der Waals surface area contributed by atoms with Crippen molar-refractivity contribution < 1.29 is 22.4 Å². The smallest absolute Gasteiger partial charge is 0.341 e. The minimum atomic E-state index is -4.61. The van der Waals surface area contributed by atoms with Gasteiger partial charge in [0.2, 0.25) is 11.9 Å². The molecule has 3 aromatic rings. The Morgan fingerprint density at radius 2 is 1.83 bits per heavy atom. The third-order valence-electron chi connectivity index (χ3n) is 6.64. The fourth-order valence-electron chi connectivity index (χ4n) is 4.47. The van der Waals surface area contributed by atoms with Crippen molar-refractivity contribution in [3.05, 3.63) is 59.0 Å². The Labute approximate surface area is 207 Å². The SMILES string of the molecule is Cc1nc(N2CCC(N(C)C)CC2)nc2ccc(NC(=O)CCc3ccc(C(F)(F)F)cc3F)cc12. The van der Waals surface area contributed by atoms with Crippen LogP contribution in [-0.2, 0) is 17.4 Å². The summed E-state index contributed by atoms with van der Waals surface area (Å²) in [5.41, 5.74) is 1.13. The second-order valence-electron chi connectivity index (χ2n) is 9.37. The van der Waals surface area contributed by atoms with E-state index < -0.39 is 17.6 Å². The van der Waals surface area contributed by atoms with Gasteiger partial charge in [-0.3, -0.25) is 4.79 Å². The van der Waals surface area contributed by atoms with Gasteiger partial charge in [-0.25, -0.2) is 14.4 Å². The highest BCUT2D eigenvalue weighted by atomic mass is 19.4. The van der Waals surface area contributed by atoms with Crippen LogP contribution in [0.5, 0.6) is 0 Å². The summed E-state index contributed by atoms with van der Waals surface area (Å²) < 4.78 is 52.2. The Morgan fingerprint density at radius 3 is 2.47 bits per heavy atom. The predicted molar refractivity (Wildman–Crippen MR) is 132 cm³/mol. The van der Waals surface area contributed by atoms with Crippen molar-refractivity contribution in [3.8, 4) is 0 Å². The van der Waals surface area contributed by atoms with Crippen LogP contribution in [0.15, 0.2) is 36.4 Å². The molecule has 1 aromatic heterocycles. The first kappa shape index (κ1) is 25.8. The molecule has 6 nitrogen and oxygen atoms in total. The van der Waals surface area contributed by atoms with Crippen molar-refractivity contribution in [2.45, 2.75) is 44.8 Å². The molecule has 1 aliphatic rings. The first-order valence-corrected chi connectivity index (χ1v) is 11.9. The van der Waals surface area contributed by atoms with Crippen LogP contribution in [0.3, 0.4) is 0 Å². The number of piperidine rings is 1. The average Bonchev–Trinajstić information content (AvgIpc) is 2.83. The lowest BCUT2D eigenvalue weighted by Gasteiger charge is -2.35. The maximum absolute atomic E-state index is 14.0. The molecule has 1 amide bonds. The number of nitrogens with one attached hydrogen (secondary N) is 1. The highest BCUT2D eigenvalue weighted by Gasteiger charge is 2.31. The average molecular weight is 504 g/mol. The zero-order valence-electron chi connectivity index (χ0n) is 20.5. The van der Waals surface area contributed by atoms with Crippen LogP contribution in [0.2, 0.25) is 0 Å². The fraction of sp³-hybridized carbons (Fsp3) is 0.423. The Balaban J connectivity index is 1.40. The van der Waals surface area contributed by atoms with Gasteiger partial charge in [-0.15, -0.1) is 0 Å². The van der Waals surface area contributed by atoms with E-state index in [1.807, 2.05) is 13.0 Å². The topological polar surface area (TPSA) is 61.4 Å². The molecular weight excluding hydrogens is 474 g/mol. The molecule has 1 saturated heterocycles. The van der Waals surface area contributed by atoms with Gasteiger partial charge >= 0.3 is 6.18 Å². The van der Waals surface area contributed by atoms with E-state index in [0.717, 1.165) is 54.7 Å². The number of rotatable bonds is 6. The van der Waals surface area contributed by atoms with Crippen molar-refractivity contribution >= 4 is 28.4 Å². The molecule has 0 bridgehead atoms. The number of amides is 1. The number of hydrogen-bond acceptors (Lipinski definition) is 5. The number of benzene rings is 2. The van der Waals surface area contributed by atoms with E-state index in [1.54, 1.807) is 12.1 Å². The Hall–Kier alpha value is -3.27. The van der Waals surface area contributed by atoms with Crippen LogP contribution < -0.4 is 10.2 Å². The number of halogens is 4. The zero-order chi connectivity index (χ0) is 26.0. The van der Waals surface area contributed by atoms with Crippen LogP contribution in [0.1, 0.15) is 36.1 Å². The molecule has 0 aliphatic carbocycles. The van der Waals surface area contributed by atoms with Crippen molar-refractivity contribution in [2.75, 3.05) is 37.4 Å². The van der Waals surface area contributed by atoms with Gasteiger partial charge in [-0.05, 0) is 76.2 Å². The van der Waals surface area contributed by atoms with Crippen LogP contribution >= 0.6 is 0 Å². The molecule has 1 N–H and O–H groups in total. The van der Waals surface area contributed by atoms with Gasteiger partial charge in [0, 0.05) is 36.6 Å². The number of carbonyl (C=O) groups excluding carboxylic acids is 1. The lowest BCUT2D eigenvalue weighted by Crippen LogP contribution is -2.42. The third-order valence-corrected chi connectivity index (χ3v) is 6.64. The minimum Gasteiger partial charge on any atom is -0.341 e. The van der Waals surface area contributed by atoms with Gasteiger partial charge in [-0.1, -0.05) is 6.07 Å². The summed E-state index contributed by atoms with van der Waals surface area (Å²) in [4.78, 5) is 26.3. The van der Waals surface area contributed by atoms with Gasteiger partial charge < -0.3 is 15.1 Å². The number of aryl methyl sites for hydroxylation is 2. The number of nitrogens with zero attached hydrogens (tertiary/aromatic N) is 4. The van der Waals surface area contributed by atoms with E-state index in [9.17, 15) is 22.4 Å². The van der Waals surface area contributed by atoms with Gasteiger partial charge in [0.25, 0.3) is 0 Å². The van der Waals surface area contributed by atoms with E-state index in [2.05, 4.69) is 29.2 Å². The lowest BCUT2D eigenvalue weighted by molar-refractivity contribution is -0.137. The molecule has 0 unspecified atom stereocenters. The summed E-state index contributed by atoms with van der Waals surface area (Å²) in [7, 11) is 4.20. The standard InChI is InChI=1S/C26H29F4N5O/c1-16-21-15-19(32-24(36)9-5-17-4-6-18(14-22(17)27)26(28,29)30)7-8-23(21)33-25(31-16)35-12-10-20(11-13-35)34(2)3/h4,6-8,14-15,20H,5,9-13H2,1-3H3,(H,32,36). The third kappa shape index (κ3) is 5.92. The monoisotopic (exact) mass is 503 g/mol. The molecule has 0 saturated carbocycles. The highest BCUT2D eigenvalue weighted by Crippen LogP contribution is 2.30. The van der Waals surface area contributed by atoms with Crippen LogP contribution in [0.25, 0.3) is 10.9 Å². The quantitative estimate of drug-likeness (QED) is 0.469. The van der Waals surface area contributed by atoms with Crippen molar-refractivity contribution in [2.24, 2.45) is 0 Å². The zero-order valence-corrected chi connectivity index (χ0v) is 20.5. The van der Waals surface area contributed by atoms with Crippen LogP contribution in [0.4, 0.5) is 29.2 Å². The molecule has 36 heavy (non-hydrogen) atoms. The highest BCUT2D eigenvalue weighted by molar-refractivity contribution is 5.94. The second-order valence-corrected chi connectivity index (χ2v) is 9.37. The van der Waals surface area contributed by atoms with Crippen molar-refractivity contribution in [1.29, 1.82) is 0 Å². The summed E-state index contributed by atoms with van der Waals surface area (Å²) in [6.45, 7) is 3.68. The van der Waals surface area contributed by atoms with E-state index >= 15 is 0 Å². The number of fused-ring (bicyclic) bond motifs is 1. The van der Waals surface area contributed by atoms with Gasteiger partial charge in [-0.2, -0.15) is 13.2 Å². The van der Waals surface area contributed by atoms with E-state index in [-0.39, 0.29) is 24.3 Å². The Kier molecular flexibility index (Phi) is 7.44. The summed E-state index contributed by atoms with van der Waals surface area (Å²) >= 11 is 0. The van der Waals surface area contributed by atoms with Gasteiger partial charge in [0.15, 0.2) is 0 Å². The molecule has 0 atom stereocenters. The molecule has 0 radical (unpaired) electrons. The van der Waals surface area contributed by atoms with Crippen molar-refractivity contribution in [1.82, 2.24) is 14.9 Å². The maximum atomic E-state index is 14.0. The Bertz CT molecular complexity index is 1250. The van der Waals surface area contributed by atoms with Crippen LogP contribution in [0, 0.1) is 12.7 Å². The predicted octanol–water partition coefficient (Wildman–Crippen LogP) is 5.20. The molecule has 10 heteroatoms. The van der Waals surface area contributed by atoms with Gasteiger partial charge in [0.1, 0.15) is 5.82 Å². The number of anilines is 2. The van der Waals surface area contributed by atoms with E-state index in [1.165, 1.54) is 0 Å². The van der Waals surface area contributed by atoms with Crippen molar-refractivity contribution in [3.63, 3.8) is 0 Å². The number of hydrogen-bond donors (Lipinski definition) is 1. The molecule has 4 rings (SSSR count). The molecule has 0 spiro atoms. The molecule has 2 aromatic carbocycles. The first-order chi connectivity index (χ1) is 17.0. The van der Waals surface area contributed by atoms with E-state index in [4.69, 9.17) is 9.97 Å². The fourth-order valence-corrected chi connectivity index (χ4v) is 4.47. The number of aromatic nitrogens is 2. The normalized spacial score (nSPS) is 15.1. The summed E-state index contributed by atoms with van der Waals surface area (Å²) in [5.74, 6) is -0.641. The molecule has 2 heterocycles. The van der Waals surface area contributed by atoms with Crippen LogP contribution in [-0.4, -0.2) is 54.0 Å². The molecule has 1 fully saturated rings. The van der Waals surface area contributed by atoms with Gasteiger partial charge in [0.05, 0.1) is 16.8 Å². The Morgan fingerprint density at radius 1 is 1.11 bits per heavy atom. The second kappa shape index (κ2) is 10.4. The number of carbonyl (C=O) groups is 1. The van der Waals surface area contributed by atoms with E-state index in [0.29, 0.717) is 23.7 Å². The minimum absolute atomic E-state index is 0.0145.